The van der Waals surface area contributed by atoms with Gasteiger partial charge in [-0.25, -0.2) is 21.9 Å². The third-order valence-corrected chi connectivity index (χ3v) is 5.63. The second kappa shape index (κ2) is 5.19. The standard InChI is InChI=1S/C13H18F2N2O3S/c1-13(2)9(6-10(13)20-3)17-21(18,19)8-5-4-7(14)12(16)11(8)15/h4-5,9-10,17H,6,16H2,1-3H3. The summed E-state index contributed by atoms with van der Waals surface area (Å²) in [6.07, 6.45) is 0.412. The van der Waals surface area contributed by atoms with Crippen molar-refractivity contribution >= 4 is 15.7 Å². The lowest BCUT2D eigenvalue weighted by atomic mass is 9.65. The topological polar surface area (TPSA) is 81.4 Å². The van der Waals surface area contributed by atoms with Gasteiger partial charge in [-0.3, -0.25) is 0 Å². The molecule has 0 aromatic heterocycles. The first-order valence-corrected chi connectivity index (χ1v) is 7.88. The van der Waals surface area contributed by atoms with E-state index in [4.69, 9.17) is 10.5 Å². The molecule has 0 saturated heterocycles. The van der Waals surface area contributed by atoms with Gasteiger partial charge in [0.05, 0.1) is 6.10 Å². The molecule has 0 spiro atoms. The average Bonchev–Trinajstić information content (AvgIpc) is 2.40. The van der Waals surface area contributed by atoms with Crippen LogP contribution in [0.25, 0.3) is 0 Å². The second-order valence-electron chi connectivity index (χ2n) is 5.73. The Kier molecular flexibility index (Phi) is 3.98. The first kappa shape index (κ1) is 16.1. The van der Waals surface area contributed by atoms with E-state index in [2.05, 4.69) is 4.72 Å². The summed E-state index contributed by atoms with van der Waals surface area (Å²) < 4.78 is 59.1. The molecule has 0 amide bonds. The van der Waals surface area contributed by atoms with Gasteiger partial charge in [-0.2, -0.15) is 0 Å². The minimum atomic E-state index is -4.12. The molecule has 8 heteroatoms. The molecule has 2 rings (SSSR count). The van der Waals surface area contributed by atoms with Gasteiger partial charge in [0, 0.05) is 18.6 Å². The number of rotatable bonds is 4. The number of halogens is 2. The number of methoxy groups -OCH3 is 1. The highest BCUT2D eigenvalue weighted by atomic mass is 32.2. The van der Waals surface area contributed by atoms with Gasteiger partial charge < -0.3 is 10.5 Å². The average molecular weight is 320 g/mol. The summed E-state index contributed by atoms with van der Waals surface area (Å²) in [6, 6.07) is 1.30. The van der Waals surface area contributed by atoms with E-state index in [1.165, 1.54) is 0 Å². The molecule has 2 atom stereocenters. The Morgan fingerprint density at radius 3 is 2.52 bits per heavy atom. The Balaban J connectivity index is 2.27. The molecule has 1 aliphatic carbocycles. The predicted octanol–water partition coefficient (Wildman–Crippen LogP) is 1.64. The van der Waals surface area contributed by atoms with E-state index in [1.54, 1.807) is 7.11 Å². The molecule has 0 aliphatic heterocycles. The van der Waals surface area contributed by atoms with Crippen molar-refractivity contribution in [1.29, 1.82) is 0 Å². The largest absolute Gasteiger partial charge is 0.394 e. The van der Waals surface area contributed by atoms with E-state index in [0.29, 0.717) is 6.42 Å². The summed E-state index contributed by atoms with van der Waals surface area (Å²) in [5.41, 5.74) is 3.97. The van der Waals surface area contributed by atoms with E-state index < -0.39 is 43.7 Å². The van der Waals surface area contributed by atoms with Gasteiger partial charge in [-0.1, -0.05) is 13.8 Å². The Morgan fingerprint density at radius 1 is 1.38 bits per heavy atom. The van der Waals surface area contributed by atoms with Gasteiger partial charge in [-0.15, -0.1) is 0 Å². The maximum atomic E-state index is 13.9. The van der Waals surface area contributed by atoms with Crippen LogP contribution in [0.3, 0.4) is 0 Å². The zero-order valence-corrected chi connectivity index (χ0v) is 12.8. The normalized spacial score (nSPS) is 24.6. The Labute approximate surface area is 122 Å². The molecule has 0 bridgehead atoms. The monoisotopic (exact) mass is 320 g/mol. The van der Waals surface area contributed by atoms with Crippen LogP contribution in [0.15, 0.2) is 17.0 Å². The summed E-state index contributed by atoms with van der Waals surface area (Å²) >= 11 is 0. The molecule has 2 unspecified atom stereocenters. The highest BCUT2D eigenvalue weighted by molar-refractivity contribution is 7.89. The lowest BCUT2D eigenvalue weighted by Gasteiger charge is -2.50. The molecule has 1 aromatic rings. The first-order chi connectivity index (χ1) is 9.61. The van der Waals surface area contributed by atoms with Crippen LogP contribution >= 0.6 is 0 Å². The number of anilines is 1. The summed E-state index contributed by atoms with van der Waals surface area (Å²) in [6.45, 7) is 3.71. The van der Waals surface area contributed by atoms with Crippen molar-refractivity contribution in [2.45, 2.75) is 37.3 Å². The van der Waals surface area contributed by atoms with Gasteiger partial charge in [0.1, 0.15) is 16.4 Å². The van der Waals surface area contributed by atoms with Crippen molar-refractivity contribution in [3.63, 3.8) is 0 Å². The van der Waals surface area contributed by atoms with Crippen LogP contribution in [0.5, 0.6) is 0 Å². The van der Waals surface area contributed by atoms with Gasteiger partial charge in [-0.05, 0) is 18.6 Å². The van der Waals surface area contributed by atoms with Crippen molar-refractivity contribution in [3.05, 3.63) is 23.8 Å². The third-order valence-electron chi connectivity index (χ3n) is 4.14. The lowest BCUT2D eigenvalue weighted by Crippen LogP contribution is -2.61. The second-order valence-corrected chi connectivity index (χ2v) is 7.41. The van der Waals surface area contributed by atoms with Crippen LogP contribution in [0.4, 0.5) is 14.5 Å². The SMILES string of the molecule is COC1CC(NS(=O)(=O)c2ccc(F)c(N)c2F)C1(C)C. The zero-order chi connectivity index (χ0) is 16.0. The smallest absolute Gasteiger partial charge is 0.243 e. The van der Waals surface area contributed by atoms with Crippen LogP contribution in [0.2, 0.25) is 0 Å². The van der Waals surface area contributed by atoms with Crippen LogP contribution < -0.4 is 10.5 Å². The number of sulfonamides is 1. The molecule has 118 valence electrons. The number of nitrogens with two attached hydrogens (primary N) is 1. The molecular formula is C13H18F2N2O3S. The van der Waals surface area contributed by atoms with Crippen molar-refractivity contribution in [2.75, 3.05) is 12.8 Å². The number of nitrogens with one attached hydrogen (secondary N) is 1. The molecule has 1 aliphatic rings. The number of nitrogen functional groups attached to an aromatic ring is 1. The molecule has 5 nitrogen and oxygen atoms in total. The number of ether oxygens (including phenoxy) is 1. The summed E-state index contributed by atoms with van der Waals surface area (Å²) in [5, 5.41) is 0. The third kappa shape index (κ3) is 2.63. The van der Waals surface area contributed by atoms with E-state index >= 15 is 0 Å². The molecule has 0 radical (unpaired) electrons. The number of hydrogen-bond donors (Lipinski definition) is 2. The van der Waals surface area contributed by atoms with Gasteiger partial charge in [0.25, 0.3) is 0 Å². The highest BCUT2D eigenvalue weighted by Gasteiger charge is 2.50. The van der Waals surface area contributed by atoms with Crippen molar-refractivity contribution in [3.8, 4) is 0 Å². The minimum absolute atomic E-state index is 0.0756. The lowest BCUT2D eigenvalue weighted by molar-refractivity contribution is -0.0908. The summed E-state index contributed by atoms with van der Waals surface area (Å²) in [7, 11) is -2.57. The first-order valence-electron chi connectivity index (χ1n) is 6.40. The van der Waals surface area contributed by atoms with Crippen LogP contribution in [-0.4, -0.2) is 27.7 Å². The molecule has 1 fully saturated rings. The quantitative estimate of drug-likeness (QED) is 0.826. The van der Waals surface area contributed by atoms with Gasteiger partial charge in [0.2, 0.25) is 10.0 Å². The Morgan fingerprint density at radius 2 is 2.00 bits per heavy atom. The van der Waals surface area contributed by atoms with Crippen LogP contribution in [0, 0.1) is 17.0 Å². The van der Waals surface area contributed by atoms with Crippen molar-refractivity contribution in [2.24, 2.45) is 5.41 Å². The van der Waals surface area contributed by atoms with Crippen molar-refractivity contribution < 1.29 is 21.9 Å². The maximum absolute atomic E-state index is 13.9. The van der Waals surface area contributed by atoms with Gasteiger partial charge >= 0.3 is 0 Å². The fourth-order valence-corrected chi connectivity index (χ4v) is 3.99. The summed E-state index contributed by atoms with van der Waals surface area (Å²) in [5.74, 6) is -2.27. The van der Waals surface area contributed by atoms with Crippen molar-refractivity contribution in [1.82, 2.24) is 4.72 Å². The van der Waals surface area contributed by atoms with E-state index in [0.717, 1.165) is 12.1 Å². The fraction of sp³-hybridized carbons (Fsp3) is 0.538. The minimum Gasteiger partial charge on any atom is -0.394 e. The number of benzene rings is 1. The van der Waals surface area contributed by atoms with Crippen LogP contribution in [-0.2, 0) is 14.8 Å². The molecule has 21 heavy (non-hydrogen) atoms. The van der Waals surface area contributed by atoms with E-state index in [1.807, 2.05) is 13.8 Å². The number of hydrogen-bond acceptors (Lipinski definition) is 4. The molecular weight excluding hydrogens is 302 g/mol. The maximum Gasteiger partial charge on any atom is 0.243 e. The Bertz CT molecular complexity index is 662. The van der Waals surface area contributed by atoms with E-state index in [9.17, 15) is 17.2 Å². The molecule has 1 aromatic carbocycles. The van der Waals surface area contributed by atoms with E-state index in [-0.39, 0.29) is 6.10 Å². The van der Waals surface area contributed by atoms with Crippen LogP contribution in [0.1, 0.15) is 20.3 Å². The molecule has 3 N–H and O–H groups in total. The highest BCUT2D eigenvalue weighted by Crippen LogP contribution is 2.43. The Hall–Kier alpha value is -1.25. The molecule has 0 heterocycles. The fourth-order valence-electron chi connectivity index (χ4n) is 2.49. The van der Waals surface area contributed by atoms with Gasteiger partial charge in [0.15, 0.2) is 5.82 Å². The predicted molar refractivity (Wildman–Crippen MR) is 74.1 cm³/mol. The molecule has 1 saturated carbocycles. The zero-order valence-electron chi connectivity index (χ0n) is 12.0. The summed E-state index contributed by atoms with van der Waals surface area (Å²) in [4.78, 5) is -0.655.